The highest BCUT2D eigenvalue weighted by Gasteiger charge is 2.47. The normalized spacial score (nSPS) is 17.1. The molecule has 0 saturated carbocycles. The lowest BCUT2D eigenvalue weighted by molar-refractivity contribution is -0.144. The summed E-state index contributed by atoms with van der Waals surface area (Å²) in [5, 5.41) is 14.6. The van der Waals surface area contributed by atoms with E-state index in [2.05, 4.69) is 26.6 Å². The number of urea groups is 1. The average Bonchev–Trinajstić information content (AvgIpc) is 3.27. The lowest BCUT2D eigenvalue weighted by atomic mass is 9.98. The molecule has 1 unspecified atom stereocenters. The molecule has 1 atom stereocenters. The lowest BCUT2D eigenvalue weighted by Gasteiger charge is -2.29. The van der Waals surface area contributed by atoms with E-state index < -0.39 is 23.6 Å². The minimum Gasteiger partial charge on any atom is -0.478 e. The topological polar surface area (TPSA) is 108 Å². The van der Waals surface area contributed by atoms with Gasteiger partial charge in [-0.15, -0.1) is 0 Å². The second kappa shape index (κ2) is 11.7. The number of anilines is 2. The summed E-state index contributed by atoms with van der Waals surface area (Å²) in [6, 6.07) is 17.8. The van der Waals surface area contributed by atoms with Crippen LogP contribution in [0, 0.1) is 6.92 Å². The Kier molecular flexibility index (Phi) is 8.43. The Balaban J connectivity index is 1.35. The van der Waals surface area contributed by atoms with Crippen molar-refractivity contribution < 1.29 is 28.6 Å². The molecule has 198 valence electrons. The molecule has 1 fully saturated rings. The zero-order valence-corrected chi connectivity index (χ0v) is 22.3. The van der Waals surface area contributed by atoms with Gasteiger partial charge in [0.25, 0.3) is 0 Å². The zero-order valence-electron chi connectivity index (χ0n) is 20.7. The van der Waals surface area contributed by atoms with E-state index in [9.17, 15) is 14.4 Å². The number of carbonyl (C=O) groups excluding carboxylic acids is 2. The summed E-state index contributed by atoms with van der Waals surface area (Å²) in [6.07, 6.45) is 0.476. The molecule has 3 aromatic rings. The fraction of sp³-hybridized carbons (Fsp3) is 0.250. The van der Waals surface area contributed by atoms with E-state index in [-0.39, 0.29) is 25.1 Å². The number of hydrogen-bond donors (Lipinski definition) is 3. The minimum atomic E-state index is -2.16. The molecule has 10 heteroatoms. The summed E-state index contributed by atoms with van der Waals surface area (Å²) in [5.74, 6) is -3.38. The van der Waals surface area contributed by atoms with Crippen molar-refractivity contribution in [2.24, 2.45) is 0 Å². The number of hydrogen-bond acceptors (Lipinski definition) is 5. The Hall–Kier alpha value is -3.76. The average molecular weight is 584 g/mol. The van der Waals surface area contributed by atoms with Gasteiger partial charge in [-0.2, -0.15) is 0 Å². The van der Waals surface area contributed by atoms with Gasteiger partial charge in [0.05, 0.1) is 11.3 Å². The molecule has 2 amide bonds. The van der Waals surface area contributed by atoms with Gasteiger partial charge in [-0.3, -0.25) is 4.79 Å². The number of likely N-dealkylation sites (tertiary alicyclic amines) is 1. The number of amides is 2. The summed E-state index contributed by atoms with van der Waals surface area (Å²) in [4.78, 5) is 37.9. The fourth-order valence-corrected chi connectivity index (χ4v) is 4.69. The molecule has 1 saturated heterocycles. The first-order chi connectivity index (χ1) is 18.2. The lowest BCUT2D eigenvalue weighted by Crippen LogP contribution is -2.49. The summed E-state index contributed by atoms with van der Waals surface area (Å²) >= 11 is 3.39. The molecule has 38 heavy (non-hydrogen) atoms. The van der Waals surface area contributed by atoms with Crippen LogP contribution in [-0.4, -0.2) is 46.9 Å². The summed E-state index contributed by atoms with van der Waals surface area (Å²) in [7, 11) is 0. The number of benzene rings is 3. The Morgan fingerprint density at radius 2 is 1.76 bits per heavy atom. The van der Waals surface area contributed by atoms with E-state index in [1.807, 2.05) is 18.2 Å². The summed E-state index contributed by atoms with van der Waals surface area (Å²) < 4.78 is 22.3. The van der Waals surface area contributed by atoms with Crippen LogP contribution >= 0.6 is 15.9 Å². The molecule has 0 aromatic heterocycles. The highest BCUT2D eigenvalue weighted by Crippen LogP contribution is 2.33. The number of rotatable bonds is 9. The maximum atomic E-state index is 15.9. The van der Waals surface area contributed by atoms with Crippen LogP contribution in [-0.2, 0) is 11.2 Å². The minimum absolute atomic E-state index is 0.0704. The Bertz CT molecular complexity index is 1350. The first-order valence-corrected chi connectivity index (χ1v) is 12.8. The molecular weight excluding hydrogens is 557 g/mol. The molecule has 1 heterocycles. The Labute approximate surface area is 227 Å². The third-order valence-electron chi connectivity index (χ3n) is 6.38. The highest BCUT2D eigenvalue weighted by molar-refractivity contribution is 9.10. The predicted molar refractivity (Wildman–Crippen MR) is 145 cm³/mol. The first kappa shape index (κ1) is 27.3. The van der Waals surface area contributed by atoms with Gasteiger partial charge in [0.1, 0.15) is 12.5 Å². The van der Waals surface area contributed by atoms with Crippen molar-refractivity contribution in [3.05, 3.63) is 87.9 Å². The molecular formula is C28H27BrFN3O5. The van der Waals surface area contributed by atoms with Crippen LogP contribution in [0.3, 0.4) is 0 Å². The number of para-hydroxylation sites is 1. The van der Waals surface area contributed by atoms with Gasteiger partial charge < -0.3 is 20.5 Å². The van der Waals surface area contributed by atoms with Crippen LogP contribution < -0.4 is 15.4 Å². The van der Waals surface area contributed by atoms with Gasteiger partial charge in [-0.05, 0) is 82.9 Å². The van der Waals surface area contributed by atoms with Gasteiger partial charge in [-0.25, -0.2) is 18.9 Å². The van der Waals surface area contributed by atoms with Crippen molar-refractivity contribution in [2.45, 2.75) is 32.0 Å². The number of halogens is 2. The molecule has 4 rings (SSSR count). The van der Waals surface area contributed by atoms with E-state index in [0.29, 0.717) is 35.7 Å². The molecule has 3 aromatic carbocycles. The van der Waals surface area contributed by atoms with Crippen molar-refractivity contribution >= 4 is 45.1 Å². The monoisotopic (exact) mass is 583 g/mol. The quantitative estimate of drug-likeness (QED) is 0.266. The molecule has 8 nitrogen and oxygen atoms in total. The number of aromatic carboxylic acids is 1. The van der Waals surface area contributed by atoms with Crippen LogP contribution in [0.4, 0.5) is 20.6 Å². The van der Waals surface area contributed by atoms with Crippen LogP contribution in [0.2, 0.25) is 0 Å². The fourth-order valence-electron chi connectivity index (χ4n) is 4.30. The second-order valence-electron chi connectivity index (χ2n) is 9.04. The van der Waals surface area contributed by atoms with E-state index in [4.69, 9.17) is 9.84 Å². The van der Waals surface area contributed by atoms with Gasteiger partial charge in [0.2, 0.25) is 5.79 Å². The van der Waals surface area contributed by atoms with E-state index >= 15 is 4.39 Å². The Morgan fingerprint density at radius 1 is 1.05 bits per heavy atom. The van der Waals surface area contributed by atoms with E-state index in [1.165, 1.54) is 29.2 Å². The van der Waals surface area contributed by atoms with Crippen LogP contribution in [0.1, 0.15) is 34.3 Å². The van der Waals surface area contributed by atoms with Crippen LogP contribution in [0.15, 0.2) is 71.2 Å². The number of Topliss-reactive ketones (excluding diaryl/α,β-unsaturated/α-hetero) is 1. The van der Waals surface area contributed by atoms with Crippen molar-refractivity contribution in [1.29, 1.82) is 0 Å². The molecule has 0 aliphatic carbocycles. The number of carboxylic acids is 1. The first-order valence-electron chi connectivity index (χ1n) is 12.0. The number of ketones is 1. The predicted octanol–water partition coefficient (Wildman–Crippen LogP) is 6.01. The number of nitrogens with zero attached hydrogens (tertiary/aromatic N) is 1. The van der Waals surface area contributed by atoms with Crippen LogP contribution in [0.5, 0.6) is 5.75 Å². The van der Waals surface area contributed by atoms with E-state index in [0.717, 1.165) is 10.0 Å². The third kappa shape index (κ3) is 6.38. The molecule has 1 aliphatic heterocycles. The third-order valence-corrected chi connectivity index (χ3v) is 7.07. The molecule has 0 spiro atoms. The molecule has 0 bridgehead atoms. The van der Waals surface area contributed by atoms with Crippen LogP contribution in [0.25, 0.3) is 0 Å². The number of alkyl halides is 1. The van der Waals surface area contributed by atoms with E-state index in [1.54, 1.807) is 31.2 Å². The SMILES string of the molecule is Cc1cc(CC(=O)C2(F)CCCN2COc2ccc(C(=O)O)cc2)ccc1NC(=O)Nc1ccccc1Br. The molecule has 3 N–H and O–H groups in total. The number of aryl methyl sites for hydroxylation is 1. The maximum absolute atomic E-state index is 15.9. The number of ether oxygens (including phenoxy) is 1. The molecule has 1 aliphatic rings. The number of nitrogens with one attached hydrogen (secondary N) is 2. The van der Waals surface area contributed by atoms with Gasteiger partial charge in [-0.1, -0.05) is 24.3 Å². The van der Waals surface area contributed by atoms with Crippen molar-refractivity contribution in [2.75, 3.05) is 23.9 Å². The van der Waals surface area contributed by atoms with Crippen molar-refractivity contribution in [3.63, 3.8) is 0 Å². The van der Waals surface area contributed by atoms with Crippen molar-refractivity contribution in [1.82, 2.24) is 4.90 Å². The Morgan fingerprint density at radius 3 is 2.45 bits per heavy atom. The van der Waals surface area contributed by atoms with Gasteiger partial charge >= 0.3 is 12.0 Å². The highest BCUT2D eigenvalue weighted by atomic mass is 79.9. The van der Waals surface area contributed by atoms with Gasteiger partial charge in [0, 0.05) is 29.5 Å². The van der Waals surface area contributed by atoms with Crippen molar-refractivity contribution in [3.8, 4) is 5.75 Å². The smallest absolute Gasteiger partial charge is 0.335 e. The molecule has 0 radical (unpaired) electrons. The maximum Gasteiger partial charge on any atom is 0.335 e. The number of carboxylic acid groups (broad SMARTS) is 1. The zero-order chi connectivity index (χ0) is 27.3. The number of carbonyl (C=O) groups is 3. The summed E-state index contributed by atoms with van der Waals surface area (Å²) in [6.45, 7) is 2.03. The standard InChI is InChI=1S/C28H27BrFN3O5/c1-18-15-19(7-12-23(18)31-27(37)32-24-6-3-2-5-22(24)29)16-25(34)28(30)13-4-14-33(28)17-38-21-10-8-20(9-11-21)26(35)36/h2-3,5-12,15H,4,13-14,16-17H2,1H3,(H,35,36)(H2,31,32,37). The summed E-state index contributed by atoms with van der Waals surface area (Å²) in [5.41, 5.74) is 2.70. The second-order valence-corrected chi connectivity index (χ2v) is 9.89. The van der Waals surface area contributed by atoms with Gasteiger partial charge in [0.15, 0.2) is 5.78 Å². The largest absolute Gasteiger partial charge is 0.478 e.